The van der Waals surface area contributed by atoms with E-state index in [4.69, 9.17) is 0 Å². The largest absolute Gasteiger partial charge is 0.240 e. The summed E-state index contributed by atoms with van der Waals surface area (Å²) in [5.41, 5.74) is 0. The van der Waals surface area contributed by atoms with E-state index in [1.54, 1.807) is 0 Å². The fourth-order valence-corrected chi connectivity index (χ4v) is 2.26. The second-order valence-electron chi connectivity index (χ2n) is 3.82. The Hall–Kier alpha value is -0.940. The molecule has 1 rings (SSSR count). The molecule has 90 valence electrons. The number of rotatable bonds is 5. The van der Waals surface area contributed by atoms with Crippen LogP contribution in [0, 0.1) is 11.7 Å². The van der Waals surface area contributed by atoms with Crippen molar-refractivity contribution in [3.05, 3.63) is 30.1 Å². The Morgan fingerprint density at radius 2 is 1.88 bits per heavy atom. The molecular weight excluding hydrogens is 229 g/mol. The van der Waals surface area contributed by atoms with E-state index in [0.717, 1.165) is 18.6 Å². The van der Waals surface area contributed by atoms with Crippen LogP contribution in [-0.4, -0.2) is 15.0 Å². The van der Waals surface area contributed by atoms with Crippen molar-refractivity contribution in [3.8, 4) is 0 Å². The molecule has 0 heterocycles. The van der Waals surface area contributed by atoms with E-state index in [0.29, 0.717) is 6.54 Å². The topological polar surface area (TPSA) is 46.2 Å². The molecule has 0 amide bonds. The number of hydrogen-bond acceptors (Lipinski definition) is 2. The van der Waals surface area contributed by atoms with Crippen molar-refractivity contribution in [2.75, 3.05) is 6.54 Å². The Balaban J connectivity index is 2.74. The van der Waals surface area contributed by atoms with Crippen LogP contribution in [0.4, 0.5) is 4.39 Å². The van der Waals surface area contributed by atoms with Crippen molar-refractivity contribution in [2.24, 2.45) is 5.92 Å². The molecule has 0 bridgehead atoms. The Kier molecular flexibility index (Phi) is 4.44. The first-order valence-corrected chi connectivity index (χ1v) is 6.69. The Labute approximate surface area is 95.7 Å². The average Bonchev–Trinajstić information content (AvgIpc) is 2.26. The fraction of sp³-hybridized carbons (Fsp3) is 0.455. The highest BCUT2D eigenvalue weighted by Gasteiger charge is 2.14. The predicted molar refractivity (Wildman–Crippen MR) is 61.0 cm³/mol. The molecule has 0 radical (unpaired) electrons. The van der Waals surface area contributed by atoms with Gasteiger partial charge in [0.15, 0.2) is 0 Å². The number of nitrogens with one attached hydrogen (secondary N) is 1. The van der Waals surface area contributed by atoms with E-state index in [1.165, 1.54) is 12.1 Å². The van der Waals surface area contributed by atoms with Gasteiger partial charge in [0.25, 0.3) is 0 Å². The number of benzene rings is 1. The maximum atomic E-state index is 12.6. The van der Waals surface area contributed by atoms with Gasteiger partial charge in [0.2, 0.25) is 10.0 Å². The standard InChI is InChI=1S/C11H16FNO2S/c1-3-9(2)8-13-16(14,15)11-6-4-10(12)5-7-11/h4-7,9,13H,3,8H2,1-2H3. The van der Waals surface area contributed by atoms with Crippen molar-refractivity contribution < 1.29 is 12.8 Å². The summed E-state index contributed by atoms with van der Waals surface area (Å²) in [6.07, 6.45) is 0.909. The van der Waals surface area contributed by atoms with Gasteiger partial charge < -0.3 is 0 Å². The summed E-state index contributed by atoms with van der Waals surface area (Å²) in [6, 6.07) is 4.79. The number of halogens is 1. The molecule has 16 heavy (non-hydrogen) atoms. The zero-order chi connectivity index (χ0) is 12.2. The van der Waals surface area contributed by atoms with E-state index in [-0.39, 0.29) is 10.8 Å². The van der Waals surface area contributed by atoms with Gasteiger partial charge in [0, 0.05) is 6.54 Å². The lowest BCUT2D eigenvalue weighted by molar-refractivity contribution is 0.528. The minimum atomic E-state index is -3.50. The molecule has 1 N–H and O–H groups in total. The summed E-state index contributed by atoms with van der Waals surface area (Å²) in [4.78, 5) is 0.0946. The molecule has 1 aromatic carbocycles. The summed E-state index contributed by atoms with van der Waals surface area (Å²) in [6.45, 7) is 4.36. The van der Waals surface area contributed by atoms with Crippen LogP contribution < -0.4 is 4.72 Å². The van der Waals surface area contributed by atoms with Crippen molar-refractivity contribution in [1.82, 2.24) is 4.72 Å². The second kappa shape index (κ2) is 5.41. The van der Waals surface area contributed by atoms with Gasteiger partial charge in [-0.2, -0.15) is 0 Å². The molecule has 1 unspecified atom stereocenters. The Morgan fingerprint density at radius 3 is 2.38 bits per heavy atom. The molecule has 0 saturated carbocycles. The quantitative estimate of drug-likeness (QED) is 0.864. The van der Waals surface area contributed by atoms with E-state index < -0.39 is 15.8 Å². The smallest absolute Gasteiger partial charge is 0.211 e. The highest BCUT2D eigenvalue weighted by atomic mass is 32.2. The minimum absolute atomic E-state index is 0.0946. The molecule has 0 aliphatic heterocycles. The minimum Gasteiger partial charge on any atom is -0.211 e. The normalized spacial score (nSPS) is 13.7. The van der Waals surface area contributed by atoms with E-state index >= 15 is 0 Å². The van der Waals surface area contributed by atoms with Crippen LogP contribution >= 0.6 is 0 Å². The molecule has 0 fully saturated rings. The van der Waals surface area contributed by atoms with Crippen LogP contribution in [0.3, 0.4) is 0 Å². The lowest BCUT2D eigenvalue weighted by atomic mass is 10.1. The molecular formula is C11H16FNO2S. The maximum Gasteiger partial charge on any atom is 0.240 e. The van der Waals surface area contributed by atoms with E-state index in [9.17, 15) is 12.8 Å². The van der Waals surface area contributed by atoms with Crippen LogP contribution in [0.1, 0.15) is 20.3 Å². The van der Waals surface area contributed by atoms with E-state index in [2.05, 4.69) is 4.72 Å². The van der Waals surface area contributed by atoms with Gasteiger partial charge in [-0.1, -0.05) is 20.3 Å². The Bertz CT molecular complexity index is 428. The summed E-state index contributed by atoms with van der Waals surface area (Å²) in [7, 11) is -3.50. The highest BCUT2D eigenvalue weighted by Crippen LogP contribution is 2.10. The second-order valence-corrected chi connectivity index (χ2v) is 5.59. The molecule has 0 saturated heterocycles. The molecule has 0 aliphatic rings. The molecule has 1 aromatic rings. The summed E-state index contributed by atoms with van der Waals surface area (Å²) in [5.74, 6) is -0.156. The van der Waals surface area contributed by atoms with Gasteiger partial charge in [-0.3, -0.25) is 0 Å². The zero-order valence-electron chi connectivity index (χ0n) is 9.40. The van der Waals surface area contributed by atoms with Gasteiger partial charge in [-0.25, -0.2) is 17.5 Å². The van der Waals surface area contributed by atoms with Crippen LogP contribution in [0.5, 0.6) is 0 Å². The van der Waals surface area contributed by atoms with Crippen molar-refractivity contribution >= 4 is 10.0 Å². The van der Waals surface area contributed by atoms with Gasteiger partial charge in [-0.05, 0) is 30.2 Å². The van der Waals surface area contributed by atoms with Crippen LogP contribution in [0.2, 0.25) is 0 Å². The van der Waals surface area contributed by atoms with E-state index in [1.807, 2.05) is 13.8 Å². The van der Waals surface area contributed by atoms with Gasteiger partial charge in [-0.15, -0.1) is 0 Å². The molecule has 3 nitrogen and oxygen atoms in total. The number of hydrogen-bond donors (Lipinski definition) is 1. The molecule has 0 aromatic heterocycles. The molecule has 5 heteroatoms. The fourth-order valence-electron chi connectivity index (χ4n) is 1.09. The number of sulfonamides is 1. The summed E-state index contributed by atoms with van der Waals surface area (Å²) >= 11 is 0. The average molecular weight is 245 g/mol. The first-order valence-electron chi connectivity index (χ1n) is 5.21. The zero-order valence-corrected chi connectivity index (χ0v) is 10.2. The summed E-state index contributed by atoms with van der Waals surface area (Å²) < 4.78 is 38.6. The highest BCUT2D eigenvalue weighted by molar-refractivity contribution is 7.89. The van der Waals surface area contributed by atoms with Crippen molar-refractivity contribution in [2.45, 2.75) is 25.2 Å². The third kappa shape index (κ3) is 3.57. The van der Waals surface area contributed by atoms with Crippen molar-refractivity contribution in [3.63, 3.8) is 0 Å². The SMILES string of the molecule is CCC(C)CNS(=O)(=O)c1ccc(F)cc1. The van der Waals surface area contributed by atoms with Gasteiger partial charge >= 0.3 is 0 Å². The lowest BCUT2D eigenvalue weighted by Gasteiger charge is -2.10. The van der Waals surface area contributed by atoms with Crippen LogP contribution in [0.15, 0.2) is 29.2 Å². The third-order valence-electron chi connectivity index (χ3n) is 2.44. The molecule has 0 spiro atoms. The predicted octanol–water partition coefficient (Wildman–Crippen LogP) is 2.15. The Morgan fingerprint density at radius 1 is 1.31 bits per heavy atom. The molecule has 1 atom stereocenters. The van der Waals surface area contributed by atoms with Crippen molar-refractivity contribution in [1.29, 1.82) is 0 Å². The first kappa shape index (κ1) is 13.1. The molecule has 0 aliphatic carbocycles. The third-order valence-corrected chi connectivity index (χ3v) is 3.88. The summed E-state index contributed by atoms with van der Waals surface area (Å²) in [5, 5.41) is 0. The van der Waals surface area contributed by atoms with Gasteiger partial charge in [0.1, 0.15) is 5.82 Å². The maximum absolute atomic E-state index is 12.6. The monoisotopic (exact) mass is 245 g/mol. The lowest BCUT2D eigenvalue weighted by Crippen LogP contribution is -2.28. The van der Waals surface area contributed by atoms with Gasteiger partial charge in [0.05, 0.1) is 4.90 Å². The van der Waals surface area contributed by atoms with Crippen LogP contribution in [0.25, 0.3) is 0 Å². The first-order chi connectivity index (χ1) is 7.45. The van der Waals surface area contributed by atoms with Crippen LogP contribution in [-0.2, 0) is 10.0 Å².